The van der Waals surface area contributed by atoms with Crippen LogP contribution in [0.15, 0.2) is 10.0 Å². The molecule has 16 heavy (non-hydrogen) atoms. The van der Waals surface area contributed by atoms with Crippen LogP contribution in [0.1, 0.15) is 30.5 Å². The number of rotatable bonds is 2. The quantitative estimate of drug-likeness (QED) is 0.802. The summed E-state index contributed by atoms with van der Waals surface area (Å²) in [4.78, 5) is 9.46. The van der Waals surface area contributed by atoms with Crippen LogP contribution in [0.2, 0.25) is 0 Å². The molecule has 1 aliphatic heterocycles. The van der Waals surface area contributed by atoms with Crippen LogP contribution >= 0.6 is 11.3 Å². The first-order valence-electron chi connectivity index (χ1n) is 5.20. The molecular weight excluding hydrogens is 226 g/mol. The topological polar surface area (TPSA) is 61.0 Å². The molecule has 0 radical (unpaired) electrons. The van der Waals surface area contributed by atoms with Crippen LogP contribution in [0.3, 0.4) is 0 Å². The third-order valence-corrected chi connectivity index (χ3v) is 3.52. The Kier molecular flexibility index (Phi) is 2.45. The van der Waals surface area contributed by atoms with E-state index in [1.165, 1.54) is 11.3 Å². The minimum atomic E-state index is 0.00530. The Morgan fingerprint density at radius 2 is 2.44 bits per heavy atom. The predicted octanol–water partition coefficient (Wildman–Crippen LogP) is 2.35. The van der Waals surface area contributed by atoms with E-state index < -0.39 is 0 Å². The normalized spacial score (nSPS) is 20.4. The molecule has 5 nitrogen and oxygen atoms in total. The zero-order valence-electron chi connectivity index (χ0n) is 8.84. The summed E-state index contributed by atoms with van der Waals surface area (Å²) in [6.45, 7) is 2.72. The molecule has 1 fully saturated rings. The second kappa shape index (κ2) is 3.95. The molecule has 0 saturated carbocycles. The first kappa shape index (κ1) is 9.92. The molecule has 0 aliphatic carbocycles. The largest absolute Gasteiger partial charge is 0.370 e. The van der Waals surface area contributed by atoms with E-state index in [2.05, 4.69) is 15.1 Å². The fraction of sp³-hybridized carbons (Fsp3) is 0.500. The third-order valence-electron chi connectivity index (χ3n) is 2.60. The lowest BCUT2D eigenvalue weighted by Gasteiger charge is -2.00. The van der Waals surface area contributed by atoms with Crippen molar-refractivity contribution in [3.05, 3.63) is 17.0 Å². The van der Waals surface area contributed by atoms with Crippen molar-refractivity contribution in [3.63, 3.8) is 0 Å². The Hall–Kier alpha value is -1.27. The van der Waals surface area contributed by atoms with Gasteiger partial charge in [0.15, 0.2) is 0 Å². The number of thiazole rings is 1. The minimum Gasteiger partial charge on any atom is -0.370 e. The zero-order valence-corrected chi connectivity index (χ0v) is 9.66. The molecular formula is C10H11N3O2S. The van der Waals surface area contributed by atoms with Crippen LogP contribution in [0.4, 0.5) is 0 Å². The fourth-order valence-corrected chi connectivity index (χ4v) is 2.47. The van der Waals surface area contributed by atoms with Gasteiger partial charge in [0.1, 0.15) is 11.0 Å². The van der Waals surface area contributed by atoms with Crippen LogP contribution in [0, 0.1) is 6.92 Å². The summed E-state index contributed by atoms with van der Waals surface area (Å²) in [6, 6.07) is 0. The molecule has 0 spiro atoms. The van der Waals surface area contributed by atoms with E-state index >= 15 is 0 Å². The van der Waals surface area contributed by atoms with Gasteiger partial charge in [0.2, 0.25) is 5.82 Å². The third kappa shape index (κ3) is 1.64. The lowest BCUT2D eigenvalue weighted by molar-refractivity contribution is 0.103. The summed E-state index contributed by atoms with van der Waals surface area (Å²) in [6.07, 6.45) is 2.04. The van der Waals surface area contributed by atoms with E-state index in [0.717, 1.165) is 30.0 Å². The molecule has 2 aromatic rings. The summed E-state index contributed by atoms with van der Waals surface area (Å²) in [5.41, 5.74) is 2.70. The maximum atomic E-state index is 5.50. The molecule has 3 heterocycles. The zero-order chi connectivity index (χ0) is 11.0. The smallest absolute Gasteiger partial charge is 0.270 e. The second-order valence-corrected chi connectivity index (χ2v) is 4.58. The van der Waals surface area contributed by atoms with Gasteiger partial charge in [-0.15, -0.1) is 11.3 Å². The van der Waals surface area contributed by atoms with Crippen molar-refractivity contribution in [1.29, 1.82) is 0 Å². The number of aryl methyl sites for hydroxylation is 1. The van der Waals surface area contributed by atoms with Crippen molar-refractivity contribution >= 4 is 11.3 Å². The molecule has 0 unspecified atom stereocenters. The van der Waals surface area contributed by atoms with Crippen molar-refractivity contribution in [2.75, 3.05) is 6.61 Å². The maximum Gasteiger partial charge on any atom is 0.270 e. The van der Waals surface area contributed by atoms with Crippen molar-refractivity contribution < 1.29 is 9.26 Å². The highest BCUT2D eigenvalue weighted by molar-refractivity contribution is 7.13. The molecule has 1 aliphatic rings. The Morgan fingerprint density at radius 3 is 3.12 bits per heavy atom. The highest BCUT2D eigenvalue weighted by Crippen LogP contribution is 2.30. The van der Waals surface area contributed by atoms with Crippen LogP contribution in [-0.4, -0.2) is 21.7 Å². The van der Waals surface area contributed by atoms with Gasteiger partial charge in [0, 0.05) is 6.61 Å². The van der Waals surface area contributed by atoms with Crippen LogP contribution < -0.4 is 0 Å². The monoisotopic (exact) mass is 237 g/mol. The number of hydrogen-bond acceptors (Lipinski definition) is 6. The van der Waals surface area contributed by atoms with Crippen molar-refractivity contribution in [2.24, 2.45) is 0 Å². The average Bonchev–Trinajstić information content (AvgIpc) is 2.96. The first-order valence-corrected chi connectivity index (χ1v) is 6.08. The van der Waals surface area contributed by atoms with E-state index in [-0.39, 0.29) is 6.10 Å². The van der Waals surface area contributed by atoms with Gasteiger partial charge >= 0.3 is 0 Å². The summed E-state index contributed by atoms with van der Waals surface area (Å²) < 4.78 is 10.7. The molecule has 1 atom stereocenters. The fourth-order valence-electron chi connectivity index (χ4n) is 1.75. The Balaban J connectivity index is 1.90. The Bertz CT molecular complexity index is 488. The molecule has 6 heteroatoms. The molecule has 2 aromatic heterocycles. The molecule has 0 N–H and O–H groups in total. The molecule has 0 bridgehead atoms. The van der Waals surface area contributed by atoms with Gasteiger partial charge in [-0.2, -0.15) is 4.98 Å². The number of ether oxygens (including phenoxy) is 1. The van der Waals surface area contributed by atoms with E-state index in [1.54, 1.807) is 5.51 Å². The number of aromatic nitrogens is 3. The Morgan fingerprint density at radius 1 is 1.50 bits per heavy atom. The van der Waals surface area contributed by atoms with E-state index in [4.69, 9.17) is 9.26 Å². The van der Waals surface area contributed by atoms with Gasteiger partial charge < -0.3 is 9.26 Å². The predicted molar refractivity (Wildman–Crippen MR) is 58.1 cm³/mol. The van der Waals surface area contributed by atoms with Crippen molar-refractivity contribution in [2.45, 2.75) is 25.9 Å². The Labute approximate surface area is 96.5 Å². The molecule has 0 amide bonds. The SMILES string of the molecule is Cc1ncsc1-c1nc([C@@H]2CCCO2)no1. The first-order chi connectivity index (χ1) is 7.84. The van der Waals surface area contributed by atoms with Crippen molar-refractivity contribution in [1.82, 2.24) is 15.1 Å². The van der Waals surface area contributed by atoms with Crippen LogP contribution in [-0.2, 0) is 4.74 Å². The van der Waals surface area contributed by atoms with E-state index in [1.807, 2.05) is 6.92 Å². The molecule has 84 valence electrons. The van der Waals surface area contributed by atoms with Crippen LogP contribution in [0.5, 0.6) is 0 Å². The minimum absolute atomic E-state index is 0.00530. The molecule has 3 rings (SSSR count). The standard InChI is InChI=1S/C10H11N3O2S/c1-6-8(16-5-11-6)10-12-9(13-15-10)7-3-2-4-14-7/h5,7H,2-4H2,1H3/t7-/m0/s1. The summed E-state index contributed by atoms with van der Waals surface area (Å²) in [5.74, 6) is 1.20. The van der Waals surface area contributed by atoms with Gasteiger partial charge in [-0.05, 0) is 19.8 Å². The maximum absolute atomic E-state index is 5.50. The highest BCUT2D eigenvalue weighted by atomic mass is 32.1. The van der Waals surface area contributed by atoms with E-state index in [9.17, 15) is 0 Å². The van der Waals surface area contributed by atoms with Gasteiger partial charge in [0.05, 0.1) is 11.2 Å². The molecule has 1 saturated heterocycles. The average molecular weight is 237 g/mol. The number of nitrogens with zero attached hydrogens (tertiary/aromatic N) is 3. The lowest BCUT2D eigenvalue weighted by Crippen LogP contribution is -1.97. The van der Waals surface area contributed by atoms with E-state index in [0.29, 0.717) is 11.7 Å². The highest BCUT2D eigenvalue weighted by Gasteiger charge is 2.24. The van der Waals surface area contributed by atoms with Gasteiger partial charge in [-0.25, -0.2) is 4.98 Å². The van der Waals surface area contributed by atoms with Crippen molar-refractivity contribution in [3.8, 4) is 10.8 Å². The second-order valence-electron chi connectivity index (χ2n) is 3.73. The van der Waals surface area contributed by atoms with Gasteiger partial charge in [-0.3, -0.25) is 0 Å². The van der Waals surface area contributed by atoms with Gasteiger partial charge in [0.25, 0.3) is 5.89 Å². The lowest BCUT2D eigenvalue weighted by atomic mass is 10.2. The molecule has 0 aromatic carbocycles. The van der Waals surface area contributed by atoms with Gasteiger partial charge in [-0.1, -0.05) is 5.16 Å². The summed E-state index contributed by atoms with van der Waals surface area (Å²) in [5, 5.41) is 3.96. The number of hydrogen-bond donors (Lipinski definition) is 0. The summed E-state index contributed by atoms with van der Waals surface area (Å²) >= 11 is 1.51. The van der Waals surface area contributed by atoms with Crippen LogP contribution in [0.25, 0.3) is 10.8 Å². The summed E-state index contributed by atoms with van der Waals surface area (Å²) in [7, 11) is 0.